The zero-order valence-corrected chi connectivity index (χ0v) is 21.1. The lowest BCUT2D eigenvalue weighted by atomic mass is 10.2. The number of nitrogens with zero attached hydrogens (tertiary/aromatic N) is 9. The molecule has 0 radical (unpaired) electrons. The highest BCUT2D eigenvalue weighted by Gasteiger charge is 2.15. The van der Waals surface area contributed by atoms with Gasteiger partial charge in [0.2, 0.25) is 0 Å². The number of anilines is 1. The minimum atomic E-state index is 0.357. The molecule has 0 spiro atoms. The Morgan fingerprint density at radius 3 is 2.70 bits per heavy atom. The minimum Gasteiger partial charge on any atom is -0.487 e. The number of aromatic nitrogens is 5. The topological polar surface area (TPSA) is 124 Å². The third kappa shape index (κ3) is 6.38. The molecule has 0 saturated carbocycles. The van der Waals surface area contributed by atoms with Gasteiger partial charge in [0.1, 0.15) is 23.9 Å². The van der Waals surface area contributed by atoms with Gasteiger partial charge < -0.3 is 19.5 Å². The number of fused-ring (bicyclic) bond motifs is 1. The van der Waals surface area contributed by atoms with Gasteiger partial charge >= 0.3 is 0 Å². The van der Waals surface area contributed by atoms with Gasteiger partial charge in [0.15, 0.2) is 0 Å². The van der Waals surface area contributed by atoms with Crippen molar-refractivity contribution in [3.8, 4) is 17.1 Å². The number of hydrogen-bond donors (Lipinski definition) is 1. The van der Waals surface area contributed by atoms with Crippen molar-refractivity contribution >= 4 is 16.7 Å². The molecule has 1 aliphatic heterocycles. The highest BCUT2D eigenvalue weighted by molar-refractivity contribution is 5.83. The summed E-state index contributed by atoms with van der Waals surface area (Å²) in [6.45, 7) is 5.94. The van der Waals surface area contributed by atoms with E-state index in [1.165, 1.54) is 5.69 Å². The van der Waals surface area contributed by atoms with Gasteiger partial charge in [0.05, 0.1) is 17.2 Å². The third-order valence-electron chi connectivity index (χ3n) is 6.64. The number of aryl methyl sites for hydroxylation is 1. The second-order valence-corrected chi connectivity index (χ2v) is 9.38. The summed E-state index contributed by atoms with van der Waals surface area (Å²) in [4.78, 5) is 15.8. The molecule has 0 bridgehead atoms. The number of likely N-dealkylation sites (N-methyl/N-ethyl adjacent to an activating group) is 1. The summed E-state index contributed by atoms with van der Waals surface area (Å²) in [5, 5.41) is 11.9. The Morgan fingerprint density at radius 2 is 1.89 bits per heavy atom. The molecule has 192 valence electrons. The van der Waals surface area contributed by atoms with Crippen molar-refractivity contribution in [3.63, 3.8) is 0 Å². The summed E-state index contributed by atoms with van der Waals surface area (Å²) in [5.41, 5.74) is 13.3. The number of hydrogen-bond acceptors (Lipinski definition) is 7. The van der Waals surface area contributed by atoms with Crippen LogP contribution in [0.25, 0.3) is 32.9 Å². The first-order valence-corrected chi connectivity index (χ1v) is 12.7. The number of azide groups is 1. The fourth-order valence-corrected chi connectivity index (χ4v) is 4.45. The van der Waals surface area contributed by atoms with Crippen molar-refractivity contribution in [2.24, 2.45) is 5.11 Å². The number of aromatic amines is 1. The Kier molecular flexibility index (Phi) is 7.83. The average Bonchev–Trinajstić information content (AvgIpc) is 3.57. The molecule has 0 amide bonds. The molecule has 0 aliphatic carbocycles. The van der Waals surface area contributed by atoms with Gasteiger partial charge in [0.25, 0.3) is 0 Å². The van der Waals surface area contributed by atoms with Gasteiger partial charge in [-0.3, -0.25) is 4.68 Å². The van der Waals surface area contributed by atoms with E-state index in [2.05, 4.69) is 60.4 Å². The van der Waals surface area contributed by atoms with Crippen LogP contribution in [0, 0.1) is 0 Å². The third-order valence-corrected chi connectivity index (χ3v) is 6.64. The van der Waals surface area contributed by atoms with Crippen LogP contribution in [0.5, 0.6) is 5.75 Å². The average molecular weight is 501 g/mol. The molecule has 1 saturated heterocycles. The summed E-state index contributed by atoms with van der Waals surface area (Å²) in [6, 6.07) is 14.4. The van der Waals surface area contributed by atoms with Crippen molar-refractivity contribution in [2.75, 3.05) is 44.7 Å². The lowest BCUT2D eigenvalue weighted by Gasteiger charge is -2.34. The first-order valence-electron chi connectivity index (χ1n) is 12.7. The van der Waals surface area contributed by atoms with E-state index in [4.69, 9.17) is 15.3 Å². The van der Waals surface area contributed by atoms with Gasteiger partial charge in [0, 0.05) is 55.4 Å². The van der Waals surface area contributed by atoms with Gasteiger partial charge in [-0.1, -0.05) is 16.7 Å². The molecule has 11 nitrogen and oxygen atoms in total. The number of benzene rings is 2. The predicted molar refractivity (Wildman–Crippen MR) is 143 cm³/mol. The molecule has 5 rings (SSSR count). The summed E-state index contributed by atoms with van der Waals surface area (Å²) in [7, 11) is 2.17. The zero-order chi connectivity index (χ0) is 25.5. The molecular formula is C26H32N10O. The molecule has 11 heteroatoms. The van der Waals surface area contributed by atoms with E-state index in [-0.39, 0.29) is 0 Å². The van der Waals surface area contributed by atoms with E-state index in [9.17, 15) is 0 Å². The molecule has 1 fully saturated rings. The number of imidazole rings is 1. The first-order chi connectivity index (χ1) is 18.2. The van der Waals surface area contributed by atoms with Crippen LogP contribution in [-0.2, 0) is 13.2 Å². The molecule has 4 aromatic rings. The predicted octanol–water partition coefficient (Wildman–Crippen LogP) is 4.63. The van der Waals surface area contributed by atoms with Crippen LogP contribution in [0.2, 0.25) is 0 Å². The first kappa shape index (κ1) is 24.6. The zero-order valence-electron chi connectivity index (χ0n) is 21.1. The smallest absolute Gasteiger partial charge is 0.138 e. The lowest BCUT2D eigenvalue weighted by Crippen LogP contribution is -2.44. The van der Waals surface area contributed by atoms with Crippen molar-refractivity contribution in [2.45, 2.75) is 32.4 Å². The molecule has 0 unspecified atom stereocenters. The van der Waals surface area contributed by atoms with E-state index in [1.54, 1.807) is 0 Å². The molecular weight excluding hydrogens is 468 g/mol. The van der Waals surface area contributed by atoms with E-state index >= 15 is 0 Å². The second-order valence-electron chi connectivity index (χ2n) is 9.38. The monoisotopic (exact) mass is 500 g/mol. The van der Waals surface area contributed by atoms with Gasteiger partial charge in [-0.05, 0) is 67.9 Å². The normalized spacial score (nSPS) is 14.1. The number of rotatable bonds is 11. The van der Waals surface area contributed by atoms with Crippen molar-refractivity contribution in [3.05, 3.63) is 64.8 Å². The fourth-order valence-electron chi connectivity index (χ4n) is 4.45. The summed E-state index contributed by atoms with van der Waals surface area (Å²) < 4.78 is 7.74. The number of nitrogens with one attached hydrogen (secondary N) is 1. The fraction of sp³-hybridized carbons (Fsp3) is 0.423. The van der Waals surface area contributed by atoms with Gasteiger partial charge in [-0.2, -0.15) is 0 Å². The molecule has 2 aromatic carbocycles. The maximum Gasteiger partial charge on any atom is 0.138 e. The quantitative estimate of drug-likeness (QED) is 0.139. The van der Waals surface area contributed by atoms with Crippen LogP contribution in [-0.4, -0.2) is 69.6 Å². The van der Waals surface area contributed by atoms with E-state index < -0.39 is 0 Å². The van der Waals surface area contributed by atoms with Crippen LogP contribution in [0.15, 0.2) is 53.8 Å². The number of ether oxygens (including phenoxy) is 1. The Bertz CT molecular complexity index is 1350. The van der Waals surface area contributed by atoms with Crippen molar-refractivity contribution in [1.29, 1.82) is 0 Å². The van der Waals surface area contributed by atoms with Crippen molar-refractivity contribution < 1.29 is 4.74 Å². The number of H-pyrrole nitrogens is 1. The van der Waals surface area contributed by atoms with Crippen LogP contribution >= 0.6 is 0 Å². The molecule has 0 atom stereocenters. The highest BCUT2D eigenvalue weighted by Crippen LogP contribution is 2.26. The lowest BCUT2D eigenvalue weighted by molar-refractivity contribution is 0.301. The minimum absolute atomic E-state index is 0.357. The molecule has 1 N–H and O–H groups in total. The summed E-state index contributed by atoms with van der Waals surface area (Å²) in [6.07, 6.45) is 4.74. The van der Waals surface area contributed by atoms with E-state index in [0.717, 1.165) is 85.9 Å². The number of piperazine rings is 1. The summed E-state index contributed by atoms with van der Waals surface area (Å²) >= 11 is 0. The highest BCUT2D eigenvalue weighted by atomic mass is 16.5. The second kappa shape index (κ2) is 11.8. The maximum absolute atomic E-state index is 8.30. The maximum atomic E-state index is 8.30. The standard InChI is InChI=1S/C26H32N10O/c1-34-13-15-35(16-14-34)22-7-10-24-25(17-22)30-26(29-24)20-5-8-23(9-6-20)37-19-21-18-36(33-31-21)12-4-2-3-11-28-32-27/h5-10,17-18H,2-4,11-16,19H2,1H3,(H,29,30). The van der Waals surface area contributed by atoms with Crippen molar-refractivity contribution in [1.82, 2.24) is 29.9 Å². The van der Waals surface area contributed by atoms with Gasteiger partial charge in [-0.25, -0.2) is 4.98 Å². The van der Waals surface area contributed by atoms with Gasteiger partial charge in [-0.15, -0.1) is 5.10 Å². The Hall–Kier alpha value is -4.08. The Balaban J connectivity index is 1.14. The van der Waals surface area contributed by atoms with Crippen LogP contribution in [0.3, 0.4) is 0 Å². The van der Waals surface area contributed by atoms with Crippen LogP contribution in [0.4, 0.5) is 5.69 Å². The van der Waals surface area contributed by atoms with Crippen LogP contribution in [0.1, 0.15) is 25.0 Å². The molecule has 2 aromatic heterocycles. The molecule has 37 heavy (non-hydrogen) atoms. The number of unbranched alkanes of at least 4 members (excludes halogenated alkanes) is 2. The Morgan fingerprint density at radius 1 is 1.05 bits per heavy atom. The summed E-state index contributed by atoms with van der Waals surface area (Å²) in [5.74, 6) is 1.62. The van der Waals surface area contributed by atoms with E-state index in [1.807, 2.05) is 35.1 Å². The molecule has 3 heterocycles. The van der Waals surface area contributed by atoms with E-state index in [0.29, 0.717) is 13.2 Å². The SMILES string of the molecule is CN1CCN(c2ccc3nc(-c4ccc(OCc5cn(CCCCCN=[N+]=[N-])nn5)cc4)[nH]c3c2)CC1. The Labute approximate surface area is 215 Å². The molecule has 1 aliphatic rings. The largest absolute Gasteiger partial charge is 0.487 e. The van der Waals surface area contributed by atoms with Crippen LogP contribution < -0.4 is 9.64 Å².